The summed E-state index contributed by atoms with van der Waals surface area (Å²) < 4.78 is 0. The molecule has 1 amide bonds. The highest BCUT2D eigenvalue weighted by Gasteiger charge is 2.29. The Morgan fingerprint density at radius 3 is 2.67 bits per heavy atom. The van der Waals surface area contributed by atoms with Gasteiger partial charge in [0.15, 0.2) is 0 Å². The van der Waals surface area contributed by atoms with Gasteiger partial charge in [-0.25, -0.2) is 0 Å². The third-order valence-corrected chi connectivity index (χ3v) is 2.56. The summed E-state index contributed by atoms with van der Waals surface area (Å²) in [5, 5.41) is 0. The van der Waals surface area contributed by atoms with Crippen LogP contribution in [0.25, 0.3) is 0 Å². The summed E-state index contributed by atoms with van der Waals surface area (Å²) in [6, 6.07) is 0.388. The van der Waals surface area contributed by atoms with E-state index in [0.717, 1.165) is 13.0 Å². The molecule has 1 fully saturated rings. The van der Waals surface area contributed by atoms with Crippen LogP contribution in [-0.2, 0) is 4.79 Å². The van der Waals surface area contributed by atoms with Crippen molar-refractivity contribution in [1.82, 2.24) is 4.90 Å². The summed E-state index contributed by atoms with van der Waals surface area (Å²) in [6.07, 6.45) is 3.19. The number of nitrogens with zero attached hydrogens (tertiary/aromatic N) is 1. The van der Waals surface area contributed by atoms with E-state index < -0.39 is 0 Å². The predicted molar refractivity (Wildman–Crippen MR) is 49.9 cm³/mol. The van der Waals surface area contributed by atoms with Gasteiger partial charge in [0.2, 0.25) is 5.91 Å². The molecule has 0 spiro atoms. The van der Waals surface area contributed by atoms with Crippen LogP contribution in [0.4, 0.5) is 0 Å². The van der Waals surface area contributed by atoms with E-state index in [9.17, 15) is 4.79 Å². The van der Waals surface area contributed by atoms with Gasteiger partial charge in [-0.3, -0.25) is 4.79 Å². The molecule has 70 valence electrons. The molecule has 0 radical (unpaired) electrons. The van der Waals surface area contributed by atoms with Crippen LogP contribution in [-0.4, -0.2) is 23.4 Å². The fourth-order valence-corrected chi connectivity index (χ4v) is 1.91. The van der Waals surface area contributed by atoms with Crippen LogP contribution in [0.5, 0.6) is 0 Å². The Morgan fingerprint density at radius 1 is 1.58 bits per heavy atom. The molecule has 0 N–H and O–H groups in total. The number of likely N-dealkylation sites (tertiary alicyclic amines) is 1. The van der Waals surface area contributed by atoms with Gasteiger partial charge in [0.25, 0.3) is 0 Å². The maximum Gasteiger partial charge on any atom is 0.223 e. The Hall–Kier alpha value is -0.530. The van der Waals surface area contributed by atoms with Crippen LogP contribution in [0.1, 0.15) is 40.0 Å². The van der Waals surface area contributed by atoms with Crippen molar-refractivity contribution in [2.75, 3.05) is 6.54 Å². The minimum Gasteiger partial charge on any atom is -0.340 e. The maximum atomic E-state index is 11.4. The fourth-order valence-electron chi connectivity index (χ4n) is 1.91. The van der Waals surface area contributed by atoms with E-state index in [1.165, 1.54) is 12.8 Å². The second kappa shape index (κ2) is 3.92. The van der Waals surface area contributed by atoms with E-state index in [-0.39, 0.29) is 0 Å². The van der Waals surface area contributed by atoms with Gasteiger partial charge in [0.1, 0.15) is 0 Å². The topological polar surface area (TPSA) is 20.3 Å². The van der Waals surface area contributed by atoms with Gasteiger partial charge in [-0.2, -0.15) is 0 Å². The molecule has 1 unspecified atom stereocenters. The standard InChI is InChI=1S/C10H19NO/c1-4-5-9-6-10(12)11(7-9)8(2)3/h8-9H,4-7H2,1-3H3. The SMILES string of the molecule is CCCC1CC(=O)N(C(C)C)C1. The minimum absolute atomic E-state index is 0.350. The number of hydrogen-bond donors (Lipinski definition) is 0. The van der Waals surface area contributed by atoms with Crippen molar-refractivity contribution in [3.63, 3.8) is 0 Å². The summed E-state index contributed by atoms with van der Waals surface area (Å²) in [5.74, 6) is 0.980. The van der Waals surface area contributed by atoms with E-state index in [0.29, 0.717) is 17.9 Å². The number of rotatable bonds is 3. The number of carbonyl (C=O) groups is 1. The summed E-state index contributed by atoms with van der Waals surface area (Å²) in [7, 11) is 0. The van der Waals surface area contributed by atoms with Crippen molar-refractivity contribution in [1.29, 1.82) is 0 Å². The summed E-state index contributed by atoms with van der Waals surface area (Å²) in [5.41, 5.74) is 0. The van der Waals surface area contributed by atoms with Crippen molar-refractivity contribution < 1.29 is 4.79 Å². The van der Waals surface area contributed by atoms with E-state index in [1.807, 2.05) is 4.90 Å². The van der Waals surface area contributed by atoms with E-state index in [2.05, 4.69) is 20.8 Å². The Kier molecular flexibility index (Phi) is 3.12. The molecule has 1 heterocycles. The van der Waals surface area contributed by atoms with Crippen LogP contribution in [0.2, 0.25) is 0 Å². The van der Waals surface area contributed by atoms with Crippen molar-refractivity contribution in [3.05, 3.63) is 0 Å². The van der Waals surface area contributed by atoms with Crippen molar-refractivity contribution in [3.8, 4) is 0 Å². The molecule has 0 aliphatic carbocycles. The zero-order valence-corrected chi connectivity index (χ0v) is 8.34. The summed E-state index contributed by atoms with van der Waals surface area (Å²) in [4.78, 5) is 13.4. The first-order valence-electron chi connectivity index (χ1n) is 4.94. The van der Waals surface area contributed by atoms with Gasteiger partial charge in [-0.1, -0.05) is 13.3 Å². The largest absolute Gasteiger partial charge is 0.340 e. The molecule has 1 rings (SSSR count). The number of amides is 1. The highest BCUT2D eigenvalue weighted by atomic mass is 16.2. The molecule has 0 aromatic rings. The Labute approximate surface area is 74.9 Å². The Bertz CT molecular complexity index is 165. The average molecular weight is 169 g/mol. The van der Waals surface area contributed by atoms with E-state index in [4.69, 9.17) is 0 Å². The predicted octanol–water partition coefficient (Wildman–Crippen LogP) is 2.04. The van der Waals surface area contributed by atoms with Crippen LogP contribution < -0.4 is 0 Å². The first-order valence-corrected chi connectivity index (χ1v) is 4.94. The van der Waals surface area contributed by atoms with Crippen LogP contribution in [0.15, 0.2) is 0 Å². The summed E-state index contributed by atoms with van der Waals surface area (Å²) in [6.45, 7) is 7.35. The third kappa shape index (κ3) is 1.99. The van der Waals surface area contributed by atoms with Gasteiger partial charge in [-0.15, -0.1) is 0 Å². The molecular formula is C10H19NO. The second-order valence-electron chi connectivity index (χ2n) is 4.00. The second-order valence-corrected chi connectivity index (χ2v) is 4.00. The number of hydrogen-bond acceptors (Lipinski definition) is 1. The number of carbonyl (C=O) groups excluding carboxylic acids is 1. The quantitative estimate of drug-likeness (QED) is 0.633. The van der Waals surface area contributed by atoms with E-state index >= 15 is 0 Å². The molecule has 0 bridgehead atoms. The maximum absolute atomic E-state index is 11.4. The van der Waals surface area contributed by atoms with Gasteiger partial charge in [0.05, 0.1) is 0 Å². The van der Waals surface area contributed by atoms with Gasteiger partial charge in [0, 0.05) is 19.0 Å². The smallest absolute Gasteiger partial charge is 0.223 e. The van der Waals surface area contributed by atoms with Gasteiger partial charge in [-0.05, 0) is 26.2 Å². The molecule has 12 heavy (non-hydrogen) atoms. The first kappa shape index (κ1) is 9.56. The van der Waals surface area contributed by atoms with E-state index in [1.54, 1.807) is 0 Å². The molecule has 1 saturated heterocycles. The molecule has 2 heteroatoms. The Morgan fingerprint density at radius 2 is 2.25 bits per heavy atom. The van der Waals surface area contributed by atoms with Crippen LogP contribution >= 0.6 is 0 Å². The van der Waals surface area contributed by atoms with Gasteiger partial charge >= 0.3 is 0 Å². The molecule has 0 saturated carbocycles. The lowest BCUT2D eigenvalue weighted by Gasteiger charge is -2.20. The molecular weight excluding hydrogens is 150 g/mol. The zero-order valence-electron chi connectivity index (χ0n) is 8.34. The third-order valence-electron chi connectivity index (χ3n) is 2.56. The lowest BCUT2D eigenvalue weighted by Crippen LogP contribution is -2.32. The van der Waals surface area contributed by atoms with Crippen molar-refractivity contribution in [2.24, 2.45) is 5.92 Å². The highest BCUT2D eigenvalue weighted by molar-refractivity contribution is 5.78. The molecule has 0 aromatic carbocycles. The van der Waals surface area contributed by atoms with Crippen molar-refractivity contribution >= 4 is 5.91 Å². The monoisotopic (exact) mass is 169 g/mol. The van der Waals surface area contributed by atoms with Gasteiger partial charge < -0.3 is 4.90 Å². The molecule has 1 aliphatic heterocycles. The molecule has 1 atom stereocenters. The molecule has 0 aromatic heterocycles. The normalized spacial score (nSPS) is 24.2. The molecule has 1 aliphatic rings. The fraction of sp³-hybridized carbons (Fsp3) is 0.900. The van der Waals surface area contributed by atoms with Crippen LogP contribution in [0.3, 0.4) is 0 Å². The summed E-state index contributed by atoms with van der Waals surface area (Å²) >= 11 is 0. The lowest BCUT2D eigenvalue weighted by molar-refractivity contribution is -0.129. The lowest BCUT2D eigenvalue weighted by atomic mass is 10.0. The molecule has 2 nitrogen and oxygen atoms in total. The van der Waals surface area contributed by atoms with Crippen molar-refractivity contribution in [2.45, 2.75) is 46.1 Å². The minimum atomic E-state index is 0.350. The Balaban J connectivity index is 2.45. The highest BCUT2D eigenvalue weighted by Crippen LogP contribution is 2.23. The first-order chi connectivity index (χ1) is 5.65. The van der Waals surface area contributed by atoms with Crippen LogP contribution in [0, 0.1) is 5.92 Å². The zero-order chi connectivity index (χ0) is 9.14. The average Bonchev–Trinajstić information content (AvgIpc) is 2.32.